The lowest BCUT2D eigenvalue weighted by atomic mass is 10.0. The molecule has 0 radical (unpaired) electrons. The highest BCUT2D eigenvalue weighted by Crippen LogP contribution is 2.21. The van der Waals surface area contributed by atoms with Gasteiger partial charge in [0.25, 0.3) is 5.56 Å². The Balaban J connectivity index is 1.61. The SMILES string of the molecule is CCn1c(=O)[nH]c(=O)c2cc(NC(=O)CC(C)CC(=O)Nc3ccc(C#N)c(Cl)c3)ccc21. The molecule has 0 fully saturated rings. The van der Waals surface area contributed by atoms with Crippen LogP contribution in [0.3, 0.4) is 0 Å². The van der Waals surface area contributed by atoms with Crippen molar-refractivity contribution in [3.63, 3.8) is 0 Å². The maximum Gasteiger partial charge on any atom is 0.328 e. The van der Waals surface area contributed by atoms with Gasteiger partial charge in [-0.15, -0.1) is 0 Å². The van der Waals surface area contributed by atoms with Gasteiger partial charge in [0, 0.05) is 30.8 Å². The lowest BCUT2D eigenvalue weighted by Crippen LogP contribution is -2.29. The molecule has 0 aliphatic carbocycles. The number of benzene rings is 2. The minimum absolute atomic E-state index is 0.0877. The molecule has 1 heterocycles. The van der Waals surface area contributed by atoms with Gasteiger partial charge in [-0.25, -0.2) is 4.79 Å². The molecule has 10 heteroatoms. The Labute approximate surface area is 194 Å². The second-order valence-electron chi connectivity index (χ2n) is 7.65. The zero-order valence-electron chi connectivity index (χ0n) is 18.1. The largest absolute Gasteiger partial charge is 0.328 e. The van der Waals surface area contributed by atoms with Crippen LogP contribution in [0.25, 0.3) is 10.9 Å². The fourth-order valence-corrected chi connectivity index (χ4v) is 3.72. The molecule has 33 heavy (non-hydrogen) atoms. The van der Waals surface area contributed by atoms with Crippen LogP contribution in [-0.4, -0.2) is 21.4 Å². The summed E-state index contributed by atoms with van der Waals surface area (Å²) in [6.45, 7) is 3.96. The molecule has 0 bridgehead atoms. The number of carbonyl (C=O) groups excluding carboxylic acids is 2. The van der Waals surface area contributed by atoms with Crippen LogP contribution in [-0.2, 0) is 16.1 Å². The Kier molecular flexibility index (Phi) is 7.30. The van der Waals surface area contributed by atoms with Crippen LogP contribution in [0, 0.1) is 17.2 Å². The predicted octanol–water partition coefficient (Wildman–Crippen LogP) is 3.23. The third-order valence-corrected chi connectivity index (χ3v) is 5.35. The number of carbonyl (C=O) groups is 2. The Hall–Kier alpha value is -3.90. The van der Waals surface area contributed by atoms with Crippen molar-refractivity contribution in [1.29, 1.82) is 5.26 Å². The second kappa shape index (κ2) is 10.1. The van der Waals surface area contributed by atoms with E-state index >= 15 is 0 Å². The third kappa shape index (κ3) is 5.67. The Bertz CT molecular complexity index is 1390. The number of nitriles is 1. The molecular formula is C23H22ClN5O4. The summed E-state index contributed by atoms with van der Waals surface area (Å²) in [4.78, 5) is 51.1. The van der Waals surface area contributed by atoms with Crippen molar-refractivity contribution in [2.75, 3.05) is 10.6 Å². The van der Waals surface area contributed by atoms with Crippen molar-refractivity contribution >= 4 is 45.7 Å². The molecule has 9 nitrogen and oxygen atoms in total. The Morgan fingerprint density at radius 3 is 2.27 bits per heavy atom. The molecule has 1 unspecified atom stereocenters. The number of nitrogens with one attached hydrogen (secondary N) is 3. The summed E-state index contributed by atoms with van der Waals surface area (Å²) in [6, 6.07) is 11.3. The lowest BCUT2D eigenvalue weighted by Gasteiger charge is -2.13. The Morgan fingerprint density at radius 1 is 1.09 bits per heavy atom. The van der Waals surface area contributed by atoms with E-state index in [9.17, 15) is 19.2 Å². The molecule has 3 rings (SSSR count). The minimum atomic E-state index is -0.524. The molecular weight excluding hydrogens is 446 g/mol. The molecule has 0 aliphatic rings. The van der Waals surface area contributed by atoms with Gasteiger partial charge in [0.05, 0.1) is 21.5 Å². The summed E-state index contributed by atoms with van der Waals surface area (Å²) in [5.74, 6) is -0.852. The highest BCUT2D eigenvalue weighted by atomic mass is 35.5. The van der Waals surface area contributed by atoms with Gasteiger partial charge in [-0.3, -0.25) is 23.9 Å². The van der Waals surface area contributed by atoms with Gasteiger partial charge < -0.3 is 10.6 Å². The van der Waals surface area contributed by atoms with Crippen LogP contribution in [0.4, 0.5) is 11.4 Å². The first-order chi connectivity index (χ1) is 15.7. The van der Waals surface area contributed by atoms with E-state index in [0.29, 0.717) is 34.4 Å². The first-order valence-corrected chi connectivity index (χ1v) is 10.7. The van der Waals surface area contributed by atoms with Crippen molar-refractivity contribution in [3.05, 3.63) is 67.8 Å². The normalized spacial score (nSPS) is 11.6. The summed E-state index contributed by atoms with van der Waals surface area (Å²) in [7, 11) is 0. The standard InChI is InChI=1S/C23H22ClN5O4/c1-3-29-19-7-6-15(10-17(19)22(32)28-23(29)33)26-20(30)8-13(2)9-21(31)27-16-5-4-14(12-25)18(24)11-16/h4-7,10-11,13H,3,8-9H2,1-2H3,(H,26,30)(H,27,31)(H,28,32,33). The first-order valence-electron chi connectivity index (χ1n) is 10.3. The number of nitrogens with zero attached hydrogens (tertiary/aromatic N) is 2. The van der Waals surface area contributed by atoms with Crippen LogP contribution in [0.1, 0.15) is 32.3 Å². The van der Waals surface area contributed by atoms with Crippen molar-refractivity contribution < 1.29 is 9.59 Å². The fourth-order valence-electron chi connectivity index (χ4n) is 3.50. The van der Waals surface area contributed by atoms with Crippen LogP contribution >= 0.6 is 11.6 Å². The number of anilines is 2. The number of fused-ring (bicyclic) bond motifs is 1. The zero-order valence-corrected chi connectivity index (χ0v) is 18.8. The van der Waals surface area contributed by atoms with Crippen LogP contribution < -0.4 is 21.9 Å². The quantitative estimate of drug-likeness (QED) is 0.490. The van der Waals surface area contributed by atoms with Crippen molar-refractivity contribution in [3.8, 4) is 6.07 Å². The molecule has 3 N–H and O–H groups in total. The number of rotatable bonds is 7. The number of amides is 2. The molecule has 2 amide bonds. The monoisotopic (exact) mass is 467 g/mol. The molecule has 0 spiro atoms. The van der Waals surface area contributed by atoms with E-state index in [1.54, 1.807) is 32.0 Å². The zero-order chi connectivity index (χ0) is 24.1. The van der Waals surface area contributed by atoms with E-state index < -0.39 is 11.2 Å². The number of aromatic nitrogens is 2. The molecule has 170 valence electrons. The van der Waals surface area contributed by atoms with E-state index in [1.807, 2.05) is 6.07 Å². The fraction of sp³-hybridized carbons (Fsp3) is 0.261. The van der Waals surface area contributed by atoms with Gasteiger partial charge in [-0.05, 0) is 49.2 Å². The van der Waals surface area contributed by atoms with E-state index in [0.717, 1.165) is 0 Å². The van der Waals surface area contributed by atoms with E-state index in [2.05, 4.69) is 15.6 Å². The molecule has 2 aromatic carbocycles. The maximum absolute atomic E-state index is 12.4. The van der Waals surface area contributed by atoms with E-state index in [-0.39, 0.29) is 35.6 Å². The predicted molar refractivity (Wildman–Crippen MR) is 126 cm³/mol. The average molecular weight is 468 g/mol. The van der Waals surface area contributed by atoms with E-state index in [1.165, 1.54) is 22.8 Å². The molecule has 1 atom stereocenters. The van der Waals surface area contributed by atoms with E-state index in [4.69, 9.17) is 16.9 Å². The van der Waals surface area contributed by atoms with Crippen LogP contribution in [0.15, 0.2) is 46.0 Å². The van der Waals surface area contributed by atoms with Gasteiger partial charge in [0.1, 0.15) is 6.07 Å². The first kappa shape index (κ1) is 23.8. The van der Waals surface area contributed by atoms with Crippen LogP contribution in [0.5, 0.6) is 0 Å². The molecule has 0 saturated carbocycles. The lowest BCUT2D eigenvalue weighted by molar-refractivity contribution is -0.118. The minimum Gasteiger partial charge on any atom is -0.326 e. The van der Waals surface area contributed by atoms with Gasteiger partial charge in [-0.1, -0.05) is 18.5 Å². The van der Waals surface area contributed by atoms with Gasteiger partial charge >= 0.3 is 5.69 Å². The number of halogens is 1. The third-order valence-electron chi connectivity index (χ3n) is 5.04. The smallest absolute Gasteiger partial charge is 0.326 e. The van der Waals surface area contributed by atoms with Gasteiger partial charge in [0.2, 0.25) is 11.8 Å². The summed E-state index contributed by atoms with van der Waals surface area (Å²) in [5.41, 5.74) is 0.673. The Morgan fingerprint density at radius 2 is 1.70 bits per heavy atom. The van der Waals surface area contributed by atoms with Gasteiger partial charge in [-0.2, -0.15) is 5.26 Å². The van der Waals surface area contributed by atoms with Crippen molar-refractivity contribution in [2.24, 2.45) is 5.92 Å². The number of hydrogen-bond acceptors (Lipinski definition) is 5. The number of aromatic amines is 1. The number of H-pyrrole nitrogens is 1. The maximum atomic E-state index is 12.4. The average Bonchev–Trinajstić information content (AvgIpc) is 2.74. The van der Waals surface area contributed by atoms with Crippen LogP contribution in [0.2, 0.25) is 5.02 Å². The van der Waals surface area contributed by atoms with Gasteiger partial charge in [0.15, 0.2) is 0 Å². The topological polar surface area (TPSA) is 137 Å². The summed E-state index contributed by atoms with van der Waals surface area (Å²) >= 11 is 5.97. The van der Waals surface area contributed by atoms with Crippen molar-refractivity contribution in [1.82, 2.24) is 9.55 Å². The summed E-state index contributed by atoms with van der Waals surface area (Å²) in [5, 5.41) is 14.9. The summed E-state index contributed by atoms with van der Waals surface area (Å²) in [6.07, 6.45) is 0.190. The second-order valence-corrected chi connectivity index (χ2v) is 8.06. The van der Waals surface area contributed by atoms with Crippen molar-refractivity contribution in [2.45, 2.75) is 33.2 Å². The number of aryl methyl sites for hydroxylation is 1. The highest BCUT2D eigenvalue weighted by Gasteiger charge is 2.15. The summed E-state index contributed by atoms with van der Waals surface area (Å²) < 4.78 is 1.43. The number of hydrogen-bond donors (Lipinski definition) is 3. The molecule has 0 aliphatic heterocycles. The molecule has 3 aromatic rings. The molecule has 0 saturated heterocycles. The highest BCUT2D eigenvalue weighted by molar-refractivity contribution is 6.32. The molecule has 1 aromatic heterocycles.